The van der Waals surface area contributed by atoms with Crippen LogP contribution in [0.4, 0.5) is 4.39 Å². The Morgan fingerprint density at radius 3 is 2.29 bits per heavy atom. The van der Waals surface area contributed by atoms with Crippen LogP contribution in [0.3, 0.4) is 0 Å². The van der Waals surface area contributed by atoms with E-state index >= 15 is 0 Å². The fourth-order valence-electron chi connectivity index (χ4n) is 2.14. The van der Waals surface area contributed by atoms with Gasteiger partial charge < -0.3 is 5.32 Å². The van der Waals surface area contributed by atoms with Crippen molar-refractivity contribution in [3.05, 3.63) is 59.4 Å². The summed E-state index contributed by atoms with van der Waals surface area (Å²) in [6.45, 7) is 7.24. The summed E-state index contributed by atoms with van der Waals surface area (Å²) in [5, 5.41) is 3.09. The maximum atomic E-state index is 14.1. The fraction of sp³-hybridized carbons (Fsp3) is 0.333. The Morgan fingerprint density at radius 1 is 1.05 bits per heavy atom. The predicted octanol–water partition coefficient (Wildman–Crippen LogP) is 4.99. The first-order valence-electron chi connectivity index (χ1n) is 7.12. The summed E-state index contributed by atoms with van der Waals surface area (Å²) in [5.74, 6) is -0.160. The van der Waals surface area contributed by atoms with Crippen molar-refractivity contribution in [2.45, 2.75) is 42.5 Å². The van der Waals surface area contributed by atoms with Crippen LogP contribution in [-0.2, 0) is 12.0 Å². The van der Waals surface area contributed by atoms with Gasteiger partial charge in [-0.15, -0.1) is 0 Å². The molecule has 0 aromatic heterocycles. The summed E-state index contributed by atoms with van der Waals surface area (Å²) in [7, 11) is 1.87. The first-order valence-corrected chi connectivity index (χ1v) is 7.94. The molecule has 1 nitrogen and oxygen atoms in total. The summed E-state index contributed by atoms with van der Waals surface area (Å²) in [4.78, 5) is 1.76. The lowest BCUT2D eigenvalue weighted by Gasteiger charge is -2.19. The van der Waals surface area contributed by atoms with E-state index in [1.54, 1.807) is 6.07 Å². The first kappa shape index (κ1) is 16.1. The molecule has 0 unspecified atom stereocenters. The van der Waals surface area contributed by atoms with E-state index in [0.29, 0.717) is 11.4 Å². The Kier molecular flexibility index (Phi) is 5.07. The molecule has 0 spiro atoms. The van der Waals surface area contributed by atoms with Crippen molar-refractivity contribution in [2.24, 2.45) is 0 Å². The SMILES string of the molecule is CNCc1cccc(F)c1Sc1ccc(C(C)(C)C)cc1. The Balaban J connectivity index is 2.26. The number of hydrogen-bond acceptors (Lipinski definition) is 2. The Bertz CT molecular complexity index is 600. The fourth-order valence-corrected chi connectivity index (χ4v) is 3.08. The van der Waals surface area contributed by atoms with E-state index in [1.807, 2.05) is 13.1 Å². The lowest BCUT2D eigenvalue weighted by atomic mass is 9.87. The van der Waals surface area contributed by atoms with Crippen molar-refractivity contribution < 1.29 is 4.39 Å². The lowest BCUT2D eigenvalue weighted by molar-refractivity contribution is 0.589. The molecule has 2 aromatic carbocycles. The molecular formula is C18H22FNS. The zero-order chi connectivity index (χ0) is 15.5. The molecule has 0 bridgehead atoms. The normalized spacial score (nSPS) is 11.7. The van der Waals surface area contributed by atoms with Crippen molar-refractivity contribution in [2.75, 3.05) is 7.05 Å². The number of hydrogen-bond donors (Lipinski definition) is 1. The van der Waals surface area contributed by atoms with Crippen LogP contribution in [0.1, 0.15) is 31.9 Å². The second kappa shape index (κ2) is 6.63. The van der Waals surface area contributed by atoms with Crippen molar-refractivity contribution >= 4 is 11.8 Å². The van der Waals surface area contributed by atoms with E-state index in [9.17, 15) is 4.39 Å². The molecule has 0 heterocycles. The van der Waals surface area contributed by atoms with Crippen LogP contribution in [-0.4, -0.2) is 7.05 Å². The van der Waals surface area contributed by atoms with Gasteiger partial charge in [0.2, 0.25) is 0 Å². The molecule has 21 heavy (non-hydrogen) atoms. The second-order valence-corrected chi connectivity index (χ2v) is 7.22. The summed E-state index contributed by atoms with van der Waals surface area (Å²) in [6, 6.07) is 13.6. The minimum atomic E-state index is -0.160. The molecule has 0 saturated carbocycles. The van der Waals surface area contributed by atoms with Gasteiger partial charge in [-0.05, 0) is 41.8 Å². The summed E-state index contributed by atoms with van der Waals surface area (Å²) >= 11 is 1.49. The summed E-state index contributed by atoms with van der Waals surface area (Å²) < 4.78 is 14.1. The van der Waals surface area contributed by atoms with Gasteiger partial charge in [0.25, 0.3) is 0 Å². The Hall–Kier alpha value is -1.32. The quantitative estimate of drug-likeness (QED) is 0.853. The van der Waals surface area contributed by atoms with Gasteiger partial charge in [0.05, 0.1) is 4.90 Å². The van der Waals surface area contributed by atoms with E-state index in [0.717, 1.165) is 10.5 Å². The molecule has 2 rings (SSSR count). The van der Waals surface area contributed by atoms with Crippen molar-refractivity contribution in [1.82, 2.24) is 5.32 Å². The number of rotatable bonds is 4. The second-order valence-electron chi connectivity index (χ2n) is 6.13. The van der Waals surface area contributed by atoms with Crippen molar-refractivity contribution in [3.8, 4) is 0 Å². The minimum Gasteiger partial charge on any atom is -0.316 e. The van der Waals surface area contributed by atoms with Crippen LogP contribution in [0.25, 0.3) is 0 Å². The molecule has 0 amide bonds. The van der Waals surface area contributed by atoms with Crippen LogP contribution in [0.2, 0.25) is 0 Å². The molecule has 112 valence electrons. The third-order valence-corrected chi connectivity index (χ3v) is 4.53. The molecule has 0 atom stereocenters. The number of benzene rings is 2. The van der Waals surface area contributed by atoms with E-state index in [4.69, 9.17) is 0 Å². The van der Waals surface area contributed by atoms with E-state index in [1.165, 1.54) is 23.4 Å². The highest BCUT2D eigenvalue weighted by atomic mass is 32.2. The van der Waals surface area contributed by atoms with Crippen molar-refractivity contribution in [1.29, 1.82) is 0 Å². The molecule has 0 aliphatic heterocycles. The van der Waals surface area contributed by atoms with E-state index < -0.39 is 0 Å². The van der Waals surface area contributed by atoms with Crippen LogP contribution in [0, 0.1) is 5.82 Å². The number of nitrogens with one attached hydrogen (secondary N) is 1. The largest absolute Gasteiger partial charge is 0.316 e. The Labute approximate surface area is 131 Å². The molecule has 0 saturated heterocycles. The van der Waals surface area contributed by atoms with Crippen LogP contribution in [0.5, 0.6) is 0 Å². The highest BCUT2D eigenvalue weighted by Gasteiger charge is 2.14. The molecule has 0 aliphatic rings. The summed E-state index contributed by atoms with van der Waals surface area (Å²) in [6.07, 6.45) is 0. The predicted molar refractivity (Wildman–Crippen MR) is 88.4 cm³/mol. The highest BCUT2D eigenvalue weighted by Crippen LogP contribution is 2.34. The van der Waals surface area contributed by atoms with Crippen LogP contribution in [0.15, 0.2) is 52.3 Å². The van der Waals surface area contributed by atoms with Gasteiger partial charge in [-0.3, -0.25) is 0 Å². The van der Waals surface area contributed by atoms with Crippen molar-refractivity contribution in [3.63, 3.8) is 0 Å². The molecule has 0 fully saturated rings. The standard InChI is InChI=1S/C18H22FNS/c1-18(2,3)14-8-10-15(11-9-14)21-17-13(12-20-4)6-5-7-16(17)19/h5-11,20H,12H2,1-4H3. The molecule has 0 aliphatic carbocycles. The molecular weight excluding hydrogens is 281 g/mol. The van der Waals surface area contributed by atoms with Gasteiger partial charge in [0.1, 0.15) is 5.82 Å². The lowest BCUT2D eigenvalue weighted by Crippen LogP contribution is -2.10. The zero-order valence-electron chi connectivity index (χ0n) is 13.0. The van der Waals surface area contributed by atoms with Gasteiger partial charge >= 0.3 is 0 Å². The van der Waals surface area contributed by atoms with Gasteiger partial charge in [0.15, 0.2) is 0 Å². The number of halogens is 1. The minimum absolute atomic E-state index is 0.137. The molecule has 2 aromatic rings. The monoisotopic (exact) mass is 303 g/mol. The maximum Gasteiger partial charge on any atom is 0.137 e. The van der Waals surface area contributed by atoms with Gasteiger partial charge in [-0.1, -0.05) is 56.8 Å². The first-order chi connectivity index (χ1) is 9.91. The van der Waals surface area contributed by atoms with Gasteiger partial charge in [-0.2, -0.15) is 0 Å². The maximum absolute atomic E-state index is 14.1. The zero-order valence-corrected chi connectivity index (χ0v) is 13.9. The highest BCUT2D eigenvalue weighted by molar-refractivity contribution is 7.99. The summed E-state index contributed by atoms with van der Waals surface area (Å²) in [5.41, 5.74) is 2.41. The topological polar surface area (TPSA) is 12.0 Å². The molecule has 3 heteroatoms. The van der Waals surface area contributed by atoms with Crippen LogP contribution >= 0.6 is 11.8 Å². The van der Waals surface area contributed by atoms with E-state index in [-0.39, 0.29) is 11.2 Å². The van der Waals surface area contributed by atoms with Gasteiger partial charge in [-0.25, -0.2) is 4.39 Å². The molecule has 0 radical (unpaired) electrons. The average molecular weight is 303 g/mol. The molecule has 1 N–H and O–H groups in total. The third kappa shape index (κ3) is 4.08. The Morgan fingerprint density at radius 2 is 1.71 bits per heavy atom. The smallest absolute Gasteiger partial charge is 0.137 e. The third-order valence-electron chi connectivity index (χ3n) is 3.36. The van der Waals surface area contributed by atoms with Crippen LogP contribution < -0.4 is 5.32 Å². The average Bonchev–Trinajstić information content (AvgIpc) is 2.42. The van der Waals surface area contributed by atoms with E-state index in [2.05, 4.69) is 50.4 Å². The van der Waals surface area contributed by atoms with Gasteiger partial charge in [0, 0.05) is 11.4 Å².